The summed E-state index contributed by atoms with van der Waals surface area (Å²) in [5, 5.41) is 11.4. The Kier molecular flexibility index (Phi) is 8.15. The minimum Gasteiger partial charge on any atom is -0.357 e. The molecule has 26 heavy (non-hydrogen) atoms. The fraction of sp³-hybridized carbons (Fsp3) is 0.400. The van der Waals surface area contributed by atoms with Crippen molar-refractivity contribution in [3.63, 3.8) is 0 Å². The summed E-state index contributed by atoms with van der Waals surface area (Å²) in [7, 11) is 0. The number of thiophene rings is 1. The van der Waals surface area contributed by atoms with Crippen LogP contribution in [-0.4, -0.2) is 31.5 Å². The molecule has 0 aliphatic carbocycles. The Hall–Kier alpha value is -2.34. The lowest BCUT2D eigenvalue weighted by molar-refractivity contribution is 0.0957. The number of carbonyl (C=O) groups is 1. The lowest BCUT2D eigenvalue weighted by Gasteiger charge is -2.12. The molecule has 140 valence electrons. The molecule has 0 saturated heterocycles. The largest absolute Gasteiger partial charge is 0.357 e. The Balaban J connectivity index is 1.75. The number of guanidine groups is 1. The van der Waals surface area contributed by atoms with Crippen LogP contribution in [0.1, 0.15) is 39.7 Å². The van der Waals surface area contributed by atoms with Gasteiger partial charge in [-0.3, -0.25) is 4.79 Å². The molecular formula is C20H28N4OS. The summed E-state index contributed by atoms with van der Waals surface area (Å²) in [6, 6.07) is 10.2. The number of aryl methyl sites for hydroxylation is 2. The van der Waals surface area contributed by atoms with Crippen LogP contribution in [0.25, 0.3) is 0 Å². The first-order valence-corrected chi connectivity index (χ1v) is 9.88. The first-order chi connectivity index (χ1) is 12.6. The molecule has 0 spiro atoms. The molecule has 1 aromatic heterocycles. The molecule has 3 N–H and O–H groups in total. The number of amides is 1. The number of nitrogens with zero attached hydrogens (tertiary/aromatic N) is 1. The summed E-state index contributed by atoms with van der Waals surface area (Å²) in [6.07, 6.45) is 0.838. The summed E-state index contributed by atoms with van der Waals surface area (Å²) in [5.41, 5.74) is 3.77. The molecule has 2 aromatic rings. The molecular weight excluding hydrogens is 344 g/mol. The highest BCUT2D eigenvalue weighted by Gasteiger charge is 2.05. The van der Waals surface area contributed by atoms with Gasteiger partial charge in [0.15, 0.2) is 5.96 Å². The van der Waals surface area contributed by atoms with E-state index in [0.29, 0.717) is 13.1 Å². The maximum absolute atomic E-state index is 11.9. The number of hydrogen-bond acceptors (Lipinski definition) is 3. The van der Waals surface area contributed by atoms with Crippen molar-refractivity contribution in [2.45, 2.75) is 33.7 Å². The van der Waals surface area contributed by atoms with Crippen molar-refractivity contribution < 1.29 is 4.79 Å². The Morgan fingerprint density at radius 1 is 1.12 bits per heavy atom. The molecule has 2 rings (SSSR count). The lowest BCUT2D eigenvalue weighted by Crippen LogP contribution is -2.38. The van der Waals surface area contributed by atoms with E-state index in [1.807, 2.05) is 17.5 Å². The summed E-state index contributed by atoms with van der Waals surface area (Å²) in [4.78, 5) is 17.3. The van der Waals surface area contributed by atoms with Crippen LogP contribution in [0, 0.1) is 13.8 Å². The molecule has 0 aliphatic heterocycles. The van der Waals surface area contributed by atoms with Gasteiger partial charge in [-0.2, -0.15) is 0 Å². The number of aliphatic imine (C=N–C) groups is 1. The minimum absolute atomic E-state index is 0.00424. The second-order valence-corrected chi connectivity index (χ2v) is 7.09. The molecule has 0 saturated carbocycles. The molecule has 1 amide bonds. The molecule has 1 aromatic carbocycles. The van der Waals surface area contributed by atoms with Crippen LogP contribution in [0.2, 0.25) is 0 Å². The maximum Gasteiger partial charge on any atom is 0.261 e. The summed E-state index contributed by atoms with van der Waals surface area (Å²) < 4.78 is 0. The smallest absolute Gasteiger partial charge is 0.261 e. The van der Waals surface area contributed by atoms with Crippen molar-refractivity contribution in [2.24, 2.45) is 4.99 Å². The average molecular weight is 373 g/mol. The van der Waals surface area contributed by atoms with Crippen molar-refractivity contribution in [1.82, 2.24) is 16.0 Å². The van der Waals surface area contributed by atoms with E-state index in [4.69, 9.17) is 0 Å². The number of benzene rings is 1. The van der Waals surface area contributed by atoms with Crippen LogP contribution < -0.4 is 16.0 Å². The average Bonchev–Trinajstić information content (AvgIpc) is 3.15. The van der Waals surface area contributed by atoms with E-state index in [0.717, 1.165) is 30.3 Å². The normalized spacial score (nSPS) is 11.3. The van der Waals surface area contributed by atoms with E-state index in [-0.39, 0.29) is 5.91 Å². The Morgan fingerprint density at radius 2 is 1.92 bits per heavy atom. The Labute approximate surface area is 159 Å². The Bertz CT molecular complexity index is 725. The van der Waals surface area contributed by atoms with Crippen LogP contribution >= 0.6 is 11.3 Å². The second kappa shape index (κ2) is 10.6. The fourth-order valence-electron chi connectivity index (χ4n) is 2.52. The predicted octanol–water partition coefficient (Wildman–Crippen LogP) is 3.24. The zero-order valence-electron chi connectivity index (χ0n) is 15.8. The van der Waals surface area contributed by atoms with Gasteiger partial charge in [-0.25, -0.2) is 4.99 Å². The molecule has 0 radical (unpaired) electrons. The summed E-state index contributed by atoms with van der Waals surface area (Å²) in [6.45, 7) is 9.13. The first-order valence-electron chi connectivity index (χ1n) is 9.00. The topological polar surface area (TPSA) is 65.5 Å². The van der Waals surface area contributed by atoms with E-state index < -0.39 is 0 Å². The number of hydrogen-bond donors (Lipinski definition) is 3. The van der Waals surface area contributed by atoms with E-state index in [1.165, 1.54) is 28.0 Å². The molecule has 1 heterocycles. The standard InChI is InChI=1S/C20H28N4OS/c1-4-21-20(24-14-17-9-8-15(2)13-16(17)3)23-11-6-10-22-19(25)18-7-5-12-26-18/h5,7-9,12-13H,4,6,10-11,14H2,1-3H3,(H,22,25)(H2,21,23,24). The van der Waals surface area contributed by atoms with Crippen LogP contribution in [0.3, 0.4) is 0 Å². The van der Waals surface area contributed by atoms with Crippen LogP contribution in [0.15, 0.2) is 40.7 Å². The van der Waals surface area contributed by atoms with Crippen molar-refractivity contribution in [3.05, 3.63) is 57.3 Å². The van der Waals surface area contributed by atoms with E-state index >= 15 is 0 Å². The number of carbonyl (C=O) groups excluding carboxylic acids is 1. The van der Waals surface area contributed by atoms with Gasteiger partial charge in [-0.1, -0.05) is 29.8 Å². The van der Waals surface area contributed by atoms with Gasteiger partial charge in [0.2, 0.25) is 0 Å². The van der Waals surface area contributed by atoms with Crippen molar-refractivity contribution >= 4 is 23.2 Å². The zero-order chi connectivity index (χ0) is 18.8. The first kappa shape index (κ1) is 20.0. The quantitative estimate of drug-likeness (QED) is 0.379. The predicted molar refractivity (Wildman–Crippen MR) is 110 cm³/mol. The van der Waals surface area contributed by atoms with Gasteiger partial charge in [0.1, 0.15) is 0 Å². The number of nitrogens with one attached hydrogen (secondary N) is 3. The third-order valence-corrected chi connectivity index (χ3v) is 4.79. The maximum atomic E-state index is 11.9. The van der Waals surface area contributed by atoms with Crippen LogP contribution in [0.5, 0.6) is 0 Å². The van der Waals surface area contributed by atoms with Gasteiger partial charge in [0.05, 0.1) is 11.4 Å². The van der Waals surface area contributed by atoms with E-state index in [2.05, 4.69) is 59.9 Å². The second-order valence-electron chi connectivity index (χ2n) is 6.14. The van der Waals surface area contributed by atoms with Crippen molar-refractivity contribution in [3.8, 4) is 0 Å². The minimum atomic E-state index is -0.00424. The van der Waals surface area contributed by atoms with Gasteiger partial charge in [-0.15, -0.1) is 11.3 Å². The Morgan fingerprint density at radius 3 is 2.62 bits per heavy atom. The molecule has 0 unspecified atom stereocenters. The summed E-state index contributed by atoms with van der Waals surface area (Å²) in [5.74, 6) is 0.799. The van der Waals surface area contributed by atoms with Gasteiger partial charge >= 0.3 is 0 Å². The summed E-state index contributed by atoms with van der Waals surface area (Å²) >= 11 is 1.46. The van der Waals surface area contributed by atoms with Gasteiger partial charge in [0.25, 0.3) is 5.91 Å². The van der Waals surface area contributed by atoms with E-state index in [1.54, 1.807) is 0 Å². The van der Waals surface area contributed by atoms with Crippen molar-refractivity contribution in [2.75, 3.05) is 19.6 Å². The van der Waals surface area contributed by atoms with Gasteiger partial charge in [0, 0.05) is 19.6 Å². The molecule has 6 heteroatoms. The van der Waals surface area contributed by atoms with Crippen LogP contribution in [0.4, 0.5) is 0 Å². The van der Waals surface area contributed by atoms with Gasteiger partial charge < -0.3 is 16.0 Å². The zero-order valence-corrected chi connectivity index (χ0v) is 16.6. The number of rotatable bonds is 8. The van der Waals surface area contributed by atoms with Crippen molar-refractivity contribution in [1.29, 1.82) is 0 Å². The highest BCUT2D eigenvalue weighted by molar-refractivity contribution is 7.12. The van der Waals surface area contributed by atoms with Gasteiger partial charge in [-0.05, 0) is 49.8 Å². The van der Waals surface area contributed by atoms with Crippen LogP contribution in [-0.2, 0) is 6.54 Å². The SMILES string of the molecule is CCNC(=NCc1ccc(C)cc1C)NCCCNC(=O)c1cccs1. The molecule has 0 bridgehead atoms. The highest BCUT2D eigenvalue weighted by atomic mass is 32.1. The van der Waals surface area contributed by atoms with E-state index in [9.17, 15) is 4.79 Å². The molecule has 0 aliphatic rings. The molecule has 0 atom stereocenters. The third-order valence-electron chi connectivity index (χ3n) is 3.93. The molecule has 5 nitrogen and oxygen atoms in total. The lowest BCUT2D eigenvalue weighted by atomic mass is 10.1. The fourth-order valence-corrected chi connectivity index (χ4v) is 3.16. The third kappa shape index (κ3) is 6.52. The molecule has 0 fully saturated rings. The highest BCUT2D eigenvalue weighted by Crippen LogP contribution is 2.11. The monoisotopic (exact) mass is 372 g/mol.